The van der Waals surface area contributed by atoms with Crippen molar-refractivity contribution < 1.29 is 33.8 Å². The SMILES string of the molecule is CCNc1nc(N(C(=O)OCOC(=O)/C=C/C(=O)O)c2cc(C#N)cc(N3CCN(C(C)C(N)=O)CC3)c2Cl)nn2c(C#N)cnc12. The largest absolute Gasteiger partial charge is 0.478 e. The number of nitriles is 2. The molecule has 18 nitrogen and oxygen atoms in total. The lowest BCUT2D eigenvalue weighted by atomic mass is 10.1. The van der Waals surface area contributed by atoms with E-state index in [0.29, 0.717) is 50.6 Å². The van der Waals surface area contributed by atoms with E-state index in [-0.39, 0.29) is 39.4 Å². The van der Waals surface area contributed by atoms with Crippen molar-refractivity contribution in [1.82, 2.24) is 24.5 Å². The standard InChI is InChI=1S/C28H28ClN11O7/c1-3-33-25-26-34-14-18(13-31)40(26)36-27(35-25)39(28(45)47-15-46-22(43)5-4-21(41)42)20-11-17(12-30)10-19(23(20)29)38-8-6-37(7-9-38)16(2)24(32)44/h4-5,10-11,14,16H,3,6-9,15H2,1-2H3,(H2,32,44)(H,41,42)(H,33,35,36)/b5-4+. The quantitative estimate of drug-likeness (QED) is 0.149. The minimum atomic E-state index is -1.39. The van der Waals surface area contributed by atoms with E-state index in [1.165, 1.54) is 18.3 Å². The van der Waals surface area contributed by atoms with E-state index in [1.54, 1.807) is 13.8 Å². The maximum atomic E-state index is 13.7. The van der Waals surface area contributed by atoms with Crippen LogP contribution < -0.4 is 20.9 Å². The first-order valence-electron chi connectivity index (χ1n) is 13.9. The summed E-state index contributed by atoms with van der Waals surface area (Å²) in [4.78, 5) is 61.2. The number of nitrogens with zero attached hydrogens (tertiary/aromatic N) is 9. The number of aromatic nitrogens is 4. The van der Waals surface area contributed by atoms with Crippen molar-refractivity contribution in [3.05, 3.63) is 46.8 Å². The Morgan fingerprint density at radius 2 is 1.89 bits per heavy atom. The first-order chi connectivity index (χ1) is 22.5. The second kappa shape index (κ2) is 14.9. The average Bonchev–Trinajstić information content (AvgIpc) is 3.48. The highest BCUT2D eigenvalue weighted by Crippen LogP contribution is 2.40. The second-order valence-electron chi connectivity index (χ2n) is 9.82. The lowest BCUT2D eigenvalue weighted by Gasteiger charge is -2.38. The number of esters is 1. The molecule has 1 aliphatic heterocycles. The number of primary amides is 1. The van der Waals surface area contributed by atoms with Gasteiger partial charge in [-0.25, -0.2) is 24.3 Å². The summed E-state index contributed by atoms with van der Waals surface area (Å²) in [6, 6.07) is 6.35. The molecule has 19 heteroatoms. The molecule has 2 aromatic heterocycles. The van der Waals surface area contributed by atoms with Gasteiger partial charge in [-0.2, -0.15) is 20.0 Å². The van der Waals surface area contributed by atoms with Gasteiger partial charge >= 0.3 is 18.0 Å². The molecule has 0 saturated carbocycles. The smallest absolute Gasteiger partial charge is 0.424 e. The Bertz CT molecular complexity index is 1820. The van der Waals surface area contributed by atoms with Crippen LogP contribution in [0, 0.1) is 22.7 Å². The van der Waals surface area contributed by atoms with Crippen molar-refractivity contribution in [2.24, 2.45) is 5.73 Å². The molecule has 1 atom stereocenters. The fourth-order valence-electron chi connectivity index (χ4n) is 4.59. The monoisotopic (exact) mass is 665 g/mol. The number of benzene rings is 1. The average molecular weight is 666 g/mol. The van der Waals surface area contributed by atoms with E-state index in [4.69, 9.17) is 31.9 Å². The lowest BCUT2D eigenvalue weighted by molar-refractivity contribution is -0.146. The molecule has 3 heterocycles. The number of carboxylic acids is 1. The van der Waals surface area contributed by atoms with Gasteiger partial charge in [0.05, 0.1) is 40.3 Å². The van der Waals surface area contributed by atoms with Crippen LogP contribution in [0.15, 0.2) is 30.5 Å². The third-order valence-electron chi connectivity index (χ3n) is 6.96. The van der Waals surface area contributed by atoms with Gasteiger partial charge in [0.25, 0.3) is 5.95 Å². The molecule has 1 aromatic carbocycles. The summed E-state index contributed by atoms with van der Waals surface area (Å²) < 4.78 is 11.1. The Kier molecular flexibility index (Phi) is 10.7. The zero-order valence-electron chi connectivity index (χ0n) is 25.1. The van der Waals surface area contributed by atoms with Crippen molar-refractivity contribution in [1.29, 1.82) is 10.5 Å². The number of anilines is 4. The molecule has 47 heavy (non-hydrogen) atoms. The van der Waals surface area contributed by atoms with E-state index in [0.717, 1.165) is 9.42 Å². The number of carbonyl (C=O) groups excluding carboxylic acids is 3. The van der Waals surface area contributed by atoms with Crippen LogP contribution in [0.25, 0.3) is 5.65 Å². The molecule has 0 bridgehead atoms. The van der Waals surface area contributed by atoms with Crippen LogP contribution in [0.1, 0.15) is 25.1 Å². The van der Waals surface area contributed by atoms with Crippen LogP contribution in [0.5, 0.6) is 0 Å². The predicted molar refractivity (Wildman–Crippen MR) is 165 cm³/mol. The van der Waals surface area contributed by atoms with Gasteiger partial charge in [0.1, 0.15) is 6.07 Å². The van der Waals surface area contributed by atoms with Gasteiger partial charge in [-0.3, -0.25) is 9.69 Å². The molecule has 0 aliphatic carbocycles. The molecular formula is C28H28ClN11O7. The maximum Gasteiger partial charge on any atom is 0.424 e. The number of rotatable bonds is 11. The van der Waals surface area contributed by atoms with E-state index in [9.17, 15) is 29.7 Å². The number of piperazine rings is 1. The van der Waals surface area contributed by atoms with Crippen molar-refractivity contribution >= 4 is 64.3 Å². The third-order valence-corrected chi connectivity index (χ3v) is 7.34. The number of halogens is 1. The van der Waals surface area contributed by atoms with Crippen LogP contribution in [0.3, 0.4) is 0 Å². The third kappa shape index (κ3) is 7.64. The molecule has 1 fully saturated rings. The number of aliphatic carboxylic acids is 1. The summed E-state index contributed by atoms with van der Waals surface area (Å²) in [6.45, 7) is 4.60. The molecule has 244 valence electrons. The Balaban J connectivity index is 1.80. The predicted octanol–water partition coefficient (Wildman–Crippen LogP) is 1.36. The van der Waals surface area contributed by atoms with Crippen LogP contribution in [0.2, 0.25) is 5.02 Å². The van der Waals surface area contributed by atoms with E-state index in [1.807, 2.05) is 21.9 Å². The summed E-state index contributed by atoms with van der Waals surface area (Å²) in [5.41, 5.74) is 6.05. The number of hydrogen-bond acceptors (Lipinski definition) is 14. The number of hydrogen-bond donors (Lipinski definition) is 3. The number of nitrogens with one attached hydrogen (secondary N) is 1. The molecule has 4 N–H and O–H groups in total. The van der Waals surface area contributed by atoms with Crippen LogP contribution in [-0.4, -0.2) is 99.1 Å². The zero-order chi connectivity index (χ0) is 34.2. The van der Waals surface area contributed by atoms with Gasteiger partial charge in [-0.15, -0.1) is 5.10 Å². The molecule has 1 aliphatic rings. The first kappa shape index (κ1) is 33.9. The topological polar surface area (TPSA) is 245 Å². The molecule has 2 amide bonds. The van der Waals surface area contributed by atoms with Crippen molar-refractivity contribution in [3.8, 4) is 12.1 Å². The number of carbonyl (C=O) groups is 4. The first-order valence-corrected chi connectivity index (χ1v) is 14.3. The summed E-state index contributed by atoms with van der Waals surface area (Å²) in [5, 5.41) is 35.6. The summed E-state index contributed by atoms with van der Waals surface area (Å²) >= 11 is 6.94. The van der Waals surface area contributed by atoms with Gasteiger partial charge in [0.15, 0.2) is 17.2 Å². The fraction of sp³-hybridized carbons (Fsp3) is 0.321. The van der Waals surface area contributed by atoms with Crippen molar-refractivity contribution in [3.63, 3.8) is 0 Å². The van der Waals surface area contributed by atoms with Crippen molar-refractivity contribution in [2.45, 2.75) is 19.9 Å². The molecule has 1 saturated heterocycles. The molecule has 1 unspecified atom stereocenters. The van der Waals surface area contributed by atoms with Gasteiger partial charge in [-0.05, 0) is 26.0 Å². The summed E-state index contributed by atoms with van der Waals surface area (Å²) in [5.74, 6) is -3.17. The van der Waals surface area contributed by atoms with Crippen LogP contribution in [-0.2, 0) is 23.9 Å². The van der Waals surface area contributed by atoms with Crippen molar-refractivity contribution in [2.75, 3.05) is 54.6 Å². The normalized spacial score (nSPS) is 13.9. The highest BCUT2D eigenvalue weighted by molar-refractivity contribution is 6.36. The van der Waals surface area contributed by atoms with E-state index >= 15 is 0 Å². The zero-order valence-corrected chi connectivity index (χ0v) is 25.8. The fourth-order valence-corrected chi connectivity index (χ4v) is 4.90. The maximum absolute atomic E-state index is 13.7. The number of ether oxygens (including phenoxy) is 2. The molecule has 3 aromatic rings. The number of carboxylic acid groups (broad SMARTS) is 1. The van der Waals surface area contributed by atoms with E-state index < -0.39 is 36.8 Å². The van der Waals surface area contributed by atoms with Gasteiger partial charge in [0, 0.05) is 44.9 Å². The number of imidazole rings is 1. The van der Waals surface area contributed by atoms with Gasteiger partial charge < -0.3 is 30.5 Å². The Morgan fingerprint density at radius 1 is 1.17 bits per heavy atom. The number of fused-ring (bicyclic) bond motifs is 1. The minimum Gasteiger partial charge on any atom is -0.478 e. The molecular weight excluding hydrogens is 638 g/mol. The highest BCUT2D eigenvalue weighted by Gasteiger charge is 2.31. The van der Waals surface area contributed by atoms with Crippen LogP contribution >= 0.6 is 11.6 Å². The molecule has 0 radical (unpaired) electrons. The number of nitrogens with two attached hydrogens (primary N) is 1. The highest BCUT2D eigenvalue weighted by atomic mass is 35.5. The molecule has 0 spiro atoms. The Hall–Kier alpha value is -5.98. The minimum absolute atomic E-state index is 0.00132. The van der Waals surface area contributed by atoms with Crippen LogP contribution in [0.4, 0.5) is 27.9 Å². The molecule has 4 rings (SSSR count). The Labute approximate surface area is 272 Å². The second-order valence-corrected chi connectivity index (χ2v) is 10.2. The van der Waals surface area contributed by atoms with E-state index in [2.05, 4.69) is 20.4 Å². The lowest BCUT2D eigenvalue weighted by Crippen LogP contribution is -2.53. The van der Waals surface area contributed by atoms with Gasteiger partial charge in [0.2, 0.25) is 12.7 Å². The summed E-state index contributed by atoms with van der Waals surface area (Å²) in [6.07, 6.45) is 1.23. The Morgan fingerprint density at radius 3 is 2.51 bits per heavy atom. The number of amides is 2. The summed E-state index contributed by atoms with van der Waals surface area (Å²) in [7, 11) is 0. The van der Waals surface area contributed by atoms with Gasteiger partial charge in [-0.1, -0.05) is 11.6 Å².